The molecule has 4 N–H and O–H groups in total. The minimum Gasteiger partial charge on any atom is -0.320 e. The Labute approximate surface area is 293 Å². The van der Waals surface area contributed by atoms with Crippen molar-refractivity contribution >= 4 is 0 Å². The Kier molecular flexibility index (Phi) is 37.6. The van der Waals surface area contributed by atoms with Crippen molar-refractivity contribution < 1.29 is 0 Å². The van der Waals surface area contributed by atoms with E-state index >= 15 is 0 Å². The first-order valence-corrected chi connectivity index (χ1v) is 21.8. The lowest BCUT2D eigenvalue weighted by Gasteiger charge is -2.32. The van der Waals surface area contributed by atoms with Crippen molar-refractivity contribution in [2.24, 2.45) is 17.6 Å². The summed E-state index contributed by atoms with van der Waals surface area (Å²) in [6.07, 6.45) is 46.3. The van der Waals surface area contributed by atoms with Crippen LogP contribution in [0.3, 0.4) is 0 Å². The van der Waals surface area contributed by atoms with Crippen LogP contribution in [0, 0.1) is 11.8 Å². The van der Waals surface area contributed by atoms with Crippen LogP contribution < -0.4 is 16.4 Å². The second-order valence-corrected chi connectivity index (χ2v) is 15.4. The van der Waals surface area contributed by atoms with Gasteiger partial charge in [0.25, 0.3) is 0 Å². The molecule has 0 saturated carbocycles. The van der Waals surface area contributed by atoms with Crippen LogP contribution in [0.25, 0.3) is 0 Å². The predicted molar refractivity (Wildman–Crippen MR) is 211 cm³/mol. The van der Waals surface area contributed by atoms with Crippen molar-refractivity contribution in [2.75, 3.05) is 13.6 Å². The van der Waals surface area contributed by atoms with Gasteiger partial charge >= 0.3 is 0 Å². The zero-order valence-electron chi connectivity index (χ0n) is 32.9. The Morgan fingerprint density at radius 3 is 1.13 bits per heavy atom. The van der Waals surface area contributed by atoms with Crippen LogP contribution in [0.2, 0.25) is 0 Å². The smallest absolute Gasteiger partial charge is 0.0551 e. The molecule has 278 valence electrons. The second-order valence-electron chi connectivity index (χ2n) is 15.4. The molecular formula is C43H91N3. The molecule has 0 fully saturated rings. The molecule has 0 radical (unpaired) electrons. The number of nitrogens with one attached hydrogen (secondary N) is 2. The molecule has 3 nitrogen and oxygen atoms in total. The number of unbranched alkanes of at least 4 members (excludes halogenated alkanes) is 24. The molecular weight excluding hydrogens is 558 g/mol. The summed E-state index contributed by atoms with van der Waals surface area (Å²) >= 11 is 0. The molecule has 0 aliphatic heterocycles. The molecule has 0 rings (SSSR count). The molecule has 46 heavy (non-hydrogen) atoms. The van der Waals surface area contributed by atoms with E-state index in [0.29, 0.717) is 6.04 Å². The monoisotopic (exact) mass is 650 g/mol. The molecule has 0 aliphatic carbocycles. The zero-order valence-corrected chi connectivity index (χ0v) is 32.9. The van der Waals surface area contributed by atoms with Crippen molar-refractivity contribution in [2.45, 2.75) is 252 Å². The van der Waals surface area contributed by atoms with E-state index in [9.17, 15) is 0 Å². The summed E-state index contributed by atoms with van der Waals surface area (Å²) in [7, 11) is 2.08. The standard InChI is InChI=1S/C43H91N3/c1-6-10-13-16-19-22-25-28-31-34-41(35-32-29-26-23-20-17-14-11-7-2)42(36-33-30-27-24-21-18-15-12-8-3)46-43(44)39-40(9-4)37-38-45-5/h40-43,45-46H,6-39,44H2,1-5H3. The van der Waals surface area contributed by atoms with Crippen molar-refractivity contribution in [1.29, 1.82) is 0 Å². The van der Waals surface area contributed by atoms with Crippen molar-refractivity contribution in [3.63, 3.8) is 0 Å². The van der Waals surface area contributed by atoms with Crippen LogP contribution in [0.1, 0.15) is 240 Å². The van der Waals surface area contributed by atoms with E-state index in [-0.39, 0.29) is 6.17 Å². The van der Waals surface area contributed by atoms with Crippen LogP contribution in [0.4, 0.5) is 0 Å². The zero-order chi connectivity index (χ0) is 33.8. The number of hydrogen-bond acceptors (Lipinski definition) is 3. The van der Waals surface area contributed by atoms with Gasteiger partial charge in [0.1, 0.15) is 0 Å². The Hall–Kier alpha value is -0.120. The SMILES string of the molecule is CCCCCCCCCCCC(CCCCCCCCCCC)C(CCCCCCCCCCC)NC(N)CC(CC)CCNC. The van der Waals surface area contributed by atoms with Gasteiger partial charge in [0.05, 0.1) is 6.17 Å². The first-order valence-electron chi connectivity index (χ1n) is 21.8. The van der Waals surface area contributed by atoms with Gasteiger partial charge in [-0.05, 0) is 57.5 Å². The molecule has 3 atom stereocenters. The van der Waals surface area contributed by atoms with Gasteiger partial charge in [-0.2, -0.15) is 0 Å². The Bertz CT molecular complexity index is 530. The van der Waals surface area contributed by atoms with Crippen LogP contribution >= 0.6 is 0 Å². The lowest BCUT2D eigenvalue weighted by Crippen LogP contribution is -2.48. The summed E-state index contributed by atoms with van der Waals surface area (Å²) < 4.78 is 0. The van der Waals surface area contributed by atoms with Gasteiger partial charge in [0.2, 0.25) is 0 Å². The third-order valence-electron chi connectivity index (χ3n) is 10.9. The van der Waals surface area contributed by atoms with Crippen molar-refractivity contribution in [1.82, 2.24) is 10.6 Å². The predicted octanol–water partition coefficient (Wildman–Crippen LogP) is 13.6. The second kappa shape index (κ2) is 37.7. The van der Waals surface area contributed by atoms with Crippen LogP contribution in [0.15, 0.2) is 0 Å². The average molecular weight is 650 g/mol. The highest BCUT2D eigenvalue weighted by Crippen LogP contribution is 2.27. The Morgan fingerprint density at radius 1 is 0.435 bits per heavy atom. The normalized spacial score (nSPS) is 13.9. The highest BCUT2D eigenvalue weighted by molar-refractivity contribution is 4.81. The van der Waals surface area contributed by atoms with E-state index in [1.165, 1.54) is 205 Å². The van der Waals surface area contributed by atoms with E-state index < -0.39 is 0 Å². The molecule has 0 aromatic rings. The van der Waals surface area contributed by atoms with Crippen molar-refractivity contribution in [3.05, 3.63) is 0 Å². The lowest BCUT2D eigenvalue weighted by atomic mass is 9.84. The third kappa shape index (κ3) is 31.2. The first-order chi connectivity index (χ1) is 22.6. The minimum absolute atomic E-state index is 0.138. The van der Waals surface area contributed by atoms with E-state index in [1.807, 2.05) is 0 Å². The molecule has 0 heterocycles. The summed E-state index contributed by atoms with van der Waals surface area (Å²) in [5.41, 5.74) is 6.93. The fourth-order valence-corrected chi connectivity index (χ4v) is 7.65. The summed E-state index contributed by atoms with van der Waals surface area (Å²) in [6.45, 7) is 10.4. The van der Waals surface area contributed by atoms with Gasteiger partial charge in [-0.1, -0.05) is 207 Å². The molecule has 0 aromatic heterocycles. The van der Waals surface area contributed by atoms with E-state index in [0.717, 1.165) is 24.8 Å². The number of rotatable bonds is 39. The molecule has 0 aromatic carbocycles. The highest BCUT2D eigenvalue weighted by atomic mass is 15.1. The maximum atomic E-state index is 6.93. The van der Waals surface area contributed by atoms with Gasteiger partial charge in [-0.15, -0.1) is 0 Å². The van der Waals surface area contributed by atoms with Crippen LogP contribution in [0.5, 0.6) is 0 Å². The summed E-state index contributed by atoms with van der Waals surface area (Å²) in [5.74, 6) is 1.52. The topological polar surface area (TPSA) is 50.1 Å². The molecule has 0 aliphatic rings. The molecule has 0 amide bonds. The summed E-state index contributed by atoms with van der Waals surface area (Å²) in [6, 6.07) is 0.601. The molecule has 3 unspecified atom stereocenters. The molecule has 3 heteroatoms. The van der Waals surface area contributed by atoms with E-state index in [2.05, 4.69) is 45.4 Å². The van der Waals surface area contributed by atoms with Gasteiger partial charge < -0.3 is 11.1 Å². The maximum absolute atomic E-state index is 6.93. The maximum Gasteiger partial charge on any atom is 0.0551 e. The Balaban J connectivity index is 5.08. The minimum atomic E-state index is 0.138. The van der Waals surface area contributed by atoms with E-state index in [1.54, 1.807) is 0 Å². The van der Waals surface area contributed by atoms with Gasteiger partial charge in [-0.25, -0.2) is 0 Å². The summed E-state index contributed by atoms with van der Waals surface area (Å²) in [4.78, 5) is 0. The molecule has 0 saturated heterocycles. The third-order valence-corrected chi connectivity index (χ3v) is 10.9. The highest BCUT2D eigenvalue weighted by Gasteiger charge is 2.23. The number of nitrogens with two attached hydrogens (primary N) is 1. The van der Waals surface area contributed by atoms with Gasteiger partial charge in [0.15, 0.2) is 0 Å². The first kappa shape index (κ1) is 45.9. The summed E-state index contributed by atoms with van der Waals surface area (Å²) in [5, 5.41) is 7.46. The average Bonchev–Trinajstić information content (AvgIpc) is 3.06. The molecule has 0 bridgehead atoms. The van der Waals surface area contributed by atoms with Crippen LogP contribution in [-0.4, -0.2) is 25.8 Å². The largest absolute Gasteiger partial charge is 0.320 e. The van der Waals surface area contributed by atoms with Gasteiger partial charge in [-0.3, -0.25) is 5.32 Å². The van der Waals surface area contributed by atoms with Crippen molar-refractivity contribution in [3.8, 4) is 0 Å². The van der Waals surface area contributed by atoms with Gasteiger partial charge in [0, 0.05) is 6.04 Å². The number of hydrogen-bond donors (Lipinski definition) is 3. The molecule has 0 spiro atoms. The fourth-order valence-electron chi connectivity index (χ4n) is 7.65. The fraction of sp³-hybridized carbons (Fsp3) is 1.00. The quantitative estimate of drug-likeness (QED) is 0.0459. The lowest BCUT2D eigenvalue weighted by molar-refractivity contribution is 0.240. The van der Waals surface area contributed by atoms with E-state index in [4.69, 9.17) is 5.73 Å². The Morgan fingerprint density at radius 2 is 0.783 bits per heavy atom. The van der Waals surface area contributed by atoms with Crippen LogP contribution in [-0.2, 0) is 0 Å².